The van der Waals surface area contributed by atoms with Gasteiger partial charge in [-0.25, -0.2) is 0 Å². The number of ether oxygens (including phenoxy) is 3. The Labute approximate surface area is 271 Å². The van der Waals surface area contributed by atoms with E-state index >= 15 is 0 Å². The number of benzene rings is 2. The minimum absolute atomic E-state index is 0.0163. The predicted molar refractivity (Wildman–Crippen MR) is 195 cm³/mol. The molecule has 0 saturated heterocycles. The van der Waals surface area contributed by atoms with Crippen LogP contribution in [0.5, 0.6) is 34.5 Å². The van der Waals surface area contributed by atoms with E-state index in [2.05, 4.69) is 120 Å². The zero-order chi connectivity index (χ0) is 34.1. The van der Waals surface area contributed by atoms with E-state index in [9.17, 15) is 0 Å². The minimum atomic E-state index is -2.30. The van der Waals surface area contributed by atoms with Gasteiger partial charge in [-0.2, -0.15) is 0 Å². The normalized spacial score (nSPS) is 13.6. The quantitative estimate of drug-likeness (QED) is 0.177. The molecule has 0 bridgehead atoms. The Morgan fingerprint density at radius 3 is 1.27 bits per heavy atom. The van der Waals surface area contributed by atoms with E-state index in [0.29, 0.717) is 17.2 Å². The first kappa shape index (κ1) is 37.8. The average Bonchev–Trinajstić information content (AvgIpc) is 2.86. The Balaban J connectivity index is 2.94. The monoisotopic (exact) mass is 660 g/mol. The molecule has 0 saturated carbocycles. The molecule has 2 aromatic rings. The second kappa shape index (κ2) is 13.2. The van der Waals surface area contributed by atoms with Crippen LogP contribution in [0.15, 0.2) is 24.3 Å². The SMILES string of the molecule is COc1cc(/C=C\c2ccc(O[Si](C)(C)C(C)(C)C)c(O[Si](C)(C)C(C)(C)C)c2O[Si](C)(C)C(C)(C)C)cc(OC)c1OC. The molecule has 0 fully saturated rings. The molecule has 0 atom stereocenters. The molecule has 0 N–H and O–H groups in total. The molecular formula is C35H60O6Si3. The summed E-state index contributed by atoms with van der Waals surface area (Å²) in [4.78, 5) is 0. The fraction of sp³-hybridized carbons (Fsp3) is 0.600. The zero-order valence-electron chi connectivity index (χ0n) is 30.9. The molecule has 44 heavy (non-hydrogen) atoms. The molecule has 0 radical (unpaired) electrons. The molecule has 2 aromatic carbocycles. The first-order valence-electron chi connectivity index (χ1n) is 15.5. The Morgan fingerprint density at radius 2 is 0.886 bits per heavy atom. The van der Waals surface area contributed by atoms with Crippen LogP contribution in [-0.2, 0) is 0 Å². The Kier molecular flexibility index (Phi) is 11.3. The van der Waals surface area contributed by atoms with Gasteiger partial charge in [0.05, 0.1) is 21.3 Å². The van der Waals surface area contributed by atoms with Gasteiger partial charge in [0.25, 0.3) is 25.0 Å². The van der Waals surface area contributed by atoms with Crippen LogP contribution >= 0.6 is 0 Å². The zero-order valence-corrected chi connectivity index (χ0v) is 33.9. The number of methoxy groups -OCH3 is 3. The molecule has 0 amide bonds. The van der Waals surface area contributed by atoms with Gasteiger partial charge in [0.15, 0.2) is 23.0 Å². The molecule has 0 spiro atoms. The summed E-state index contributed by atoms with van der Waals surface area (Å²) < 4.78 is 38.1. The number of rotatable bonds is 11. The third-order valence-corrected chi connectivity index (χ3v) is 22.7. The van der Waals surface area contributed by atoms with Crippen molar-refractivity contribution in [2.24, 2.45) is 0 Å². The van der Waals surface area contributed by atoms with Crippen LogP contribution in [0.4, 0.5) is 0 Å². The highest BCUT2D eigenvalue weighted by molar-refractivity contribution is 6.76. The lowest BCUT2D eigenvalue weighted by Crippen LogP contribution is -2.47. The Morgan fingerprint density at radius 1 is 0.477 bits per heavy atom. The number of hydrogen-bond acceptors (Lipinski definition) is 6. The van der Waals surface area contributed by atoms with E-state index in [1.165, 1.54) is 0 Å². The van der Waals surface area contributed by atoms with E-state index in [0.717, 1.165) is 28.4 Å². The van der Waals surface area contributed by atoms with Crippen molar-refractivity contribution in [1.82, 2.24) is 0 Å². The van der Waals surface area contributed by atoms with Gasteiger partial charge >= 0.3 is 0 Å². The summed E-state index contributed by atoms with van der Waals surface area (Å²) in [6, 6.07) is 8.04. The van der Waals surface area contributed by atoms with Crippen molar-refractivity contribution in [2.75, 3.05) is 21.3 Å². The van der Waals surface area contributed by atoms with Crippen molar-refractivity contribution < 1.29 is 27.5 Å². The smallest absolute Gasteiger partial charge is 0.250 e. The lowest BCUT2D eigenvalue weighted by molar-refractivity contribution is 0.324. The van der Waals surface area contributed by atoms with Crippen LogP contribution in [0.2, 0.25) is 54.4 Å². The summed E-state index contributed by atoms with van der Waals surface area (Å²) in [5.74, 6) is 4.00. The Hall–Kier alpha value is -2.37. The molecule has 248 valence electrons. The first-order chi connectivity index (χ1) is 19.8. The summed E-state index contributed by atoms with van der Waals surface area (Å²) in [6.07, 6.45) is 4.13. The molecule has 0 heterocycles. The van der Waals surface area contributed by atoms with E-state index < -0.39 is 25.0 Å². The van der Waals surface area contributed by atoms with Crippen molar-refractivity contribution >= 4 is 37.1 Å². The van der Waals surface area contributed by atoms with Crippen molar-refractivity contribution in [3.8, 4) is 34.5 Å². The van der Waals surface area contributed by atoms with Crippen LogP contribution in [0.3, 0.4) is 0 Å². The molecule has 0 unspecified atom stereocenters. The van der Waals surface area contributed by atoms with Gasteiger partial charge in [0.2, 0.25) is 5.75 Å². The molecule has 2 rings (SSSR count). The van der Waals surface area contributed by atoms with Gasteiger partial charge in [-0.1, -0.05) is 74.5 Å². The van der Waals surface area contributed by atoms with Crippen LogP contribution in [0.25, 0.3) is 12.2 Å². The summed E-state index contributed by atoms with van der Waals surface area (Å²) in [5.41, 5.74) is 1.84. The first-order valence-corrected chi connectivity index (χ1v) is 24.3. The molecule has 6 nitrogen and oxygen atoms in total. The summed E-state index contributed by atoms with van der Waals surface area (Å²) in [5, 5.41) is -0.0144. The van der Waals surface area contributed by atoms with Crippen molar-refractivity contribution in [2.45, 2.75) is 117 Å². The van der Waals surface area contributed by atoms with E-state index in [-0.39, 0.29) is 15.1 Å². The second-order valence-electron chi connectivity index (χ2n) is 16.2. The summed E-state index contributed by atoms with van der Waals surface area (Å²) in [7, 11) is -1.93. The average molecular weight is 661 g/mol. The summed E-state index contributed by atoms with van der Waals surface area (Å²) >= 11 is 0. The highest BCUT2D eigenvalue weighted by Crippen LogP contribution is 2.51. The van der Waals surface area contributed by atoms with Crippen molar-refractivity contribution in [3.05, 3.63) is 35.4 Å². The van der Waals surface area contributed by atoms with Crippen molar-refractivity contribution in [3.63, 3.8) is 0 Å². The lowest BCUT2D eigenvalue weighted by atomic mass is 10.1. The van der Waals surface area contributed by atoms with Crippen LogP contribution < -0.4 is 27.5 Å². The Bertz CT molecular complexity index is 1300. The van der Waals surface area contributed by atoms with E-state index in [1.54, 1.807) is 21.3 Å². The fourth-order valence-electron chi connectivity index (χ4n) is 3.60. The van der Waals surface area contributed by atoms with Gasteiger partial charge in [-0.05, 0) is 84.2 Å². The highest BCUT2D eigenvalue weighted by Gasteiger charge is 2.45. The van der Waals surface area contributed by atoms with Gasteiger partial charge < -0.3 is 27.5 Å². The molecule has 0 aromatic heterocycles. The standard InChI is InChI=1S/C35H60O6Si3/c1-33(2,3)42(13,14)39-27-22-21-26(20-19-25-23-28(36-10)31(38-12)29(24-25)37-11)30(40-43(15,16)34(4,5)6)32(27)41-44(17,18)35(7,8)9/h19-24H,1-18H3/b20-19-. The molecular weight excluding hydrogens is 601 g/mol. The van der Waals surface area contributed by atoms with Gasteiger partial charge in [0, 0.05) is 5.56 Å². The third kappa shape index (κ3) is 8.46. The highest BCUT2D eigenvalue weighted by atomic mass is 28.4. The largest absolute Gasteiger partial charge is 0.541 e. The lowest BCUT2D eigenvalue weighted by Gasteiger charge is -2.42. The molecule has 0 aliphatic heterocycles. The molecule has 0 aliphatic carbocycles. The number of hydrogen-bond donors (Lipinski definition) is 0. The maximum atomic E-state index is 7.19. The molecule has 9 heteroatoms. The topological polar surface area (TPSA) is 55.4 Å². The minimum Gasteiger partial charge on any atom is -0.541 e. The predicted octanol–water partition coefficient (Wildman–Crippen LogP) is 11.0. The van der Waals surface area contributed by atoms with Gasteiger partial charge in [-0.3, -0.25) is 0 Å². The van der Waals surface area contributed by atoms with Crippen molar-refractivity contribution in [1.29, 1.82) is 0 Å². The van der Waals surface area contributed by atoms with E-state index in [1.807, 2.05) is 18.2 Å². The van der Waals surface area contributed by atoms with E-state index in [4.69, 9.17) is 27.5 Å². The summed E-state index contributed by atoms with van der Waals surface area (Å²) in [6.45, 7) is 34.0. The van der Waals surface area contributed by atoms with Crippen LogP contribution in [0, 0.1) is 0 Å². The van der Waals surface area contributed by atoms with Crippen LogP contribution in [0.1, 0.15) is 73.4 Å². The van der Waals surface area contributed by atoms with Crippen LogP contribution in [-0.4, -0.2) is 46.3 Å². The second-order valence-corrected chi connectivity index (χ2v) is 30.4. The fourth-order valence-corrected chi connectivity index (χ4v) is 6.65. The van der Waals surface area contributed by atoms with Gasteiger partial charge in [-0.15, -0.1) is 0 Å². The maximum Gasteiger partial charge on any atom is 0.250 e. The van der Waals surface area contributed by atoms with Gasteiger partial charge in [0.1, 0.15) is 5.75 Å². The molecule has 0 aliphatic rings. The third-order valence-electron chi connectivity index (χ3n) is 9.75. The maximum absolute atomic E-state index is 7.19.